The number of methoxy groups -OCH3 is 1. The van der Waals surface area contributed by atoms with Gasteiger partial charge >= 0.3 is 0 Å². The molecule has 2 aromatic rings. The summed E-state index contributed by atoms with van der Waals surface area (Å²) in [7, 11) is -2.05. The summed E-state index contributed by atoms with van der Waals surface area (Å²) in [6, 6.07) is 18.4. The van der Waals surface area contributed by atoms with Gasteiger partial charge in [0.25, 0.3) is 0 Å². The van der Waals surface area contributed by atoms with Gasteiger partial charge in [0, 0.05) is 18.9 Å². The number of benzene rings is 2. The van der Waals surface area contributed by atoms with E-state index in [1.165, 1.54) is 0 Å². The molecule has 2 bridgehead atoms. The van der Waals surface area contributed by atoms with E-state index < -0.39 is 15.9 Å². The van der Waals surface area contributed by atoms with Gasteiger partial charge in [0.15, 0.2) is 0 Å². The maximum atomic E-state index is 13.2. The summed E-state index contributed by atoms with van der Waals surface area (Å²) < 4.78 is 48.9. The number of rotatable bonds is 10. The van der Waals surface area contributed by atoms with Crippen molar-refractivity contribution in [3.8, 4) is 0 Å². The molecule has 2 aromatic carbocycles. The largest absolute Gasteiger partial charge is 0.376 e. The van der Waals surface area contributed by atoms with E-state index >= 15 is 0 Å². The molecule has 6 nitrogen and oxygen atoms in total. The molecule has 30 heavy (non-hydrogen) atoms. The third-order valence-corrected chi connectivity index (χ3v) is 7.45. The quantitative estimate of drug-likeness (QED) is 0.426. The molecule has 0 unspecified atom stereocenters. The van der Waals surface area contributed by atoms with Crippen LogP contribution in [0.4, 0.5) is 0 Å². The number of hydrogen-bond donors (Lipinski definition) is 0. The highest BCUT2D eigenvalue weighted by molar-refractivity contribution is 7.95. The molecule has 2 aliphatic rings. The zero-order valence-corrected chi connectivity index (χ0v) is 17.7. The van der Waals surface area contributed by atoms with Crippen LogP contribution in [0.25, 0.3) is 0 Å². The van der Waals surface area contributed by atoms with Crippen LogP contribution >= 0.6 is 0 Å². The molecule has 1 saturated heterocycles. The second-order valence-electron chi connectivity index (χ2n) is 7.51. The van der Waals surface area contributed by atoms with E-state index in [1.54, 1.807) is 43.5 Å². The minimum absolute atomic E-state index is 0.0188. The van der Waals surface area contributed by atoms with Gasteiger partial charge in [-0.3, -0.25) is 0 Å². The van der Waals surface area contributed by atoms with Crippen molar-refractivity contribution in [3.63, 3.8) is 0 Å². The molecule has 2 heterocycles. The van der Waals surface area contributed by atoms with Gasteiger partial charge in [0.05, 0.1) is 41.8 Å². The fourth-order valence-corrected chi connectivity index (χ4v) is 5.74. The van der Waals surface area contributed by atoms with Gasteiger partial charge in [-0.25, -0.2) is 8.42 Å². The van der Waals surface area contributed by atoms with Gasteiger partial charge in [-0.1, -0.05) is 48.5 Å². The second kappa shape index (κ2) is 9.41. The van der Waals surface area contributed by atoms with Gasteiger partial charge < -0.3 is 18.9 Å². The van der Waals surface area contributed by atoms with E-state index in [0.29, 0.717) is 24.7 Å². The highest BCUT2D eigenvalue weighted by Crippen LogP contribution is 2.46. The SMILES string of the molecule is COCOC[C@H]1[C@H](COCc2ccccc2)[C@@H]2C=C(S(=O)(=O)c3ccccc3)[C@H]1O2. The van der Waals surface area contributed by atoms with Crippen LogP contribution in [0.3, 0.4) is 0 Å². The van der Waals surface area contributed by atoms with Crippen molar-refractivity contribution in [2.45, 2.75) is 23.7 Å². The third kappa shape index (κ3) is 4.36. The Morgan fingerprint density at radius 2 is 1.57 bits per heavy atom. The lowest BCUT2D eigenvalue weighted by Gasteiger charge is -2.27. The predicted octanol–water partition coefficient (Wildman–Crippen LogP) is 3.19. The lowest BCUT2D eigenvalue weighted by atomic mass is 9.84. The van der Waals surface area contributed by atoms with Crippen molar-refractivity contribution in [2.75, 3.05) is 27.1 Å². The Balaban J connectivity index is 1.50. The summed E-state index contributed by atoms with van der Waals surface area (Å²) in [5.41, 5.74) is 1.09. The van der Waals surface area contributed by atoms with E-state index in [-0.39, 0.29) is 29.6 Å². The van der Waals surface area contributed by atoms with Crippen LogP contribution in [0.2, 0.25) is 0 Å². The Kier molecular flexibility index (Phi) is 6.65. The fourth-order valence-electron chi connectivity index (χ4n) is 4.10. The van der Waals surface area contributed by atoms with E-state index in [0.717, 1.165) is 5.56 Å². The first-order valence-corrected chi connectivity index (χ1v) is 11.4. The molecule has 4 atom stereocenters. The maximum absolute atomic E-state index is 13.2. The Labute approximate surface area is 177 Å². The van der Waals surface area contributed by atoms with Crippen LogP contribution in [0, 0.1) is 11.8 Å². The van der Waals surface area contributed by atoms with Crippen LogP contribution in [-0.2, 0) is 35.4 Å². The molecular formula is C23H26O6S. The Bertz CT molecular complexity index is 958. The molecule has 0 radical (unpaired) electrons. The van der Waals surface area contributed by atoms with E-state index in [1.807, 2.05) is 30.3 Å². The summed E-state index contributed by atoms with van der Waals surface area (Å²) in [6.45, 7) is 1.46. The summed E-state index contributed by atoms with van der Waals surface area (Å²) in [5, 5.41) is 0. The highest BCUT2D eigenvalue weighted by atomic mass is 32.2. The van der Waals surface area contributed by atoms with Crippen LogP contribution in [-0.4, -0.2) is 47.7 Å². The van der Waals surface area contributed by atoms with Gasteiger partial charge in [-0.05, 0) is 23.8 Å². The van der Waals surface area contributed by atoms with Crippen LogP contribution in [0.1, 0.15) is 5.56 Å². The first-order valence-electron chi connectivity index (χ1n) is 9.97. The molecule has 160 valence electrons. The fraction of sp³-hybridized carbons (Fsp3) is 0.391. The molecule has 0 aliphatic carbocycles. The van der Waals surface area contributed by atoms with Crippen molar-refractivity contribution >= 4 is 9.84 Å². The van der Waals surface area contributed by atoms with Gasteiger partial charge in [0.1, 0.15) is 6.79 Å². The monoisotopic (exact) mass is 430 g/mol. The van der Waals surface area contributed by atoms with Crippen LogP contribution < -0.4 is 0 Å². The third-order valence-electron chi connectivity index (χ3n) is 5.57. The molecule has 0 spiro atoms. The zero-order valence-electron chi connectivity index (χ0n) is 16.8. The molecule has 0 amide bonds. The zero-order chi connectivity index (χ0) is 21.0. The standard InChI is InChI=1S/C23H26O6S/c1-26-16-28-15-20-19(14-27-13-17-8-4-2-5-9-17)21-12-22(23(20)29-21)30(24,25)18-10-6-3-7-11-18/h2-12,19-21,23H,13-16H2,1H3/t19-,20-,21-,23-/m0/s1. The van der Waals surface area contributed by atoms with Gasteiger partial charge in [-0.2, -0.15) is 0 Å². The minimum Gasteiger partial charge on any atom is -0.376 e. The average molecular weight is 431 g/mol. The molecule has 4 rings (SSSR count). The Morgan fingerprint density at radius 3 is 2.27 bits per heavy atom. The molecule has 7 heteroatoms. The second-order valence-corrected chi connectivity index (χ2v) is 9.46. The molecule has 0 aromatic heterocycles. The maximum Gasteiger partial charge on any atom is 0.205 e. The lowest BCUT2D eigenvalue weighted by molar-refractivity contribution is -0.0559. The summed E-state index contributed by atoms with van der Waals surface area (Å²) in [6.07, 6.45) is 0.897. The molecular weight excluding hydrogens is 404 g/mol. The van der Waals surface area contributed by atoms with Crippen LogP contribution in [0.15, 0.2) is 76.5 Å². The molecule has 1 fully saturated rings. The van der Waals surface area contributed by atoms with Gasteiger partial charge in [-0.15, -0.1) is 0 Å². The number of sulfone groups is 1. The summed E-state index contributed by atoms with van der Waals surface area (Å²) in [4.78, 5) is 0.602. The molecule has 0 saturated carbocycles. The van der Waals surface area contributed by atoms with Crippen molar-refractivity contribution in [1.29, 1.82) is 0 Å². The van der Waals surface area contributed by atoms with Crippen molar-refractivity contribution in [1.82, 2.24) is 0 Å². The van der Waals surface area contributed by atoms with E-state index in [9.17, 15) is 8.42 Å². The minimum atomic E-state index is -3.61. The van der Waals surface area contributed by atoms with Crippen LogP contribution in [0.5, 0.6) is 0 Å². The first kappa shape index (κ1) is 21.2. The van der Waals surface area contributed by atoms with Crippen molar-refractivity contribution < 1.29 is 27.4 Å². The number of hydrogen-bond acceptors (Lipinski definition) is 6. The lowest BCUT2D eigenvalue weighted by Crippen LogP contribution is -2.35. The highest BCUT2D eigenvalue weighted by Gasteiger charge is 2.53. The summed E-state index contributed by atoms with van der Waals surface area (Å²) in [5.74, 6) is -0.107. The average Bonchev–Trinajstić information content (AvgIpc) is 3.35. The van der Waals surface area contributed by atoms with Crippen molar-refractivity contribution in [2.24, 2.45) is 11.8 Å². The predicted molar refractivity (Wildman–Crippen MR) is 111 cm³/mol. The smallest absolute Gasteiger partial charge is 0.205 e. The molecule has 2 aliphatic heterocycles. The van der Waals surface area contributed by atoms with Crippen molar-refractivity contribution in [3.05, 3.63) is 77.2 Å². The van der Waals surface area contributed by atoms with E-state index in [2.05, 4.69) is 0 Å². The first-order chi connectivity index (χ1) is 14.6. The topological polar surface area (TPSA) is 71.1 Å². The Morgan fingerprint density at radius 1 is 0.900 bits per heavy atom. The molecule has 0 N–H and O–H groups in total. The van der Waals surface area contributed by atoms with Gasteiger partial charge in [0.2, 0.25) is 9.84 Å². The normalized spacial score (nSPS) is 25.4. The summed E-state index contributed by atoms with van der Waals surface area (Å²) >= 11 is 0. The number of ether oxygens (including phenoxy) is 4. The van der Waals surface area contributed by atoms with E-state index in [4.69, 9.17) is 18.9 Å². The Hall–Kier alpha value is -2.03. The number of fused-ring (bicyclic) bond motifs is 2.